The van der Waals surface area contributed by atoms with Crippen LogP contribution in [0.3, 0.4) is 0 Å². The topological polar surface area (TPSA) is 64.4 Å². The van der Waals surface area contributed by atoms with Crippen LogP contribution in [0.15, 0.2) is 35.0 Å². The summed E-state index contributed by atoms with van der Waals surface area (Å²) in [5.74, 6) is 1.10. The van der Waals surface area contributed by atoms with Crippen LogP contribution in [0.2, 0.25) is 15.1 Å². The van der Waals surface area contributed by atoms with Gasteiger partial charge in [-0.05, 0) is 25.0 Å². The predicted molar refractivity (Wildman–Crippen MR) is 116 cm³/mol. The lowest BCUT2D eigenvalue weighted by Crippen LogP contribution is -2.05. The van der Waals surface area contributed by atoms with E-state index in [1.807, 2.05) is 6.07 Å². The Labute approximate surface area is 193 Å². The number of nitriles is 1. The number of nitrogens with zero attached hydrogens (tertiary/aromatic N) is 2. The van der Waals surface area contributed by atoms with Crippen molar-refractivity contribution in [2.75, 3.05) is 19.8 Å². The third-order valence-electron chi connectivity index (χ3n) is 3.42. The van der Waals surface area contributed by atoms with Gasteiger partial charge < -0.3 is 14.2 Å². The highest BCUT2D eigenvalue weighted by Gasteiger charge is 2.11. The molecule has 5 nitrogen and oxygen atoms in total. The molecule has 0 unspecified atom stereocenters. The van der Waals surface area contributed by atoms with Crippen LogP contribution in [0.5, 0.6) is 17.4 Å². The first kappa shape index (κ1) is 23.7. The van der Waals surface area contributed by atoms with Crippen LogP contribution in [0, 0.1) is 11.3 Å². The van der Waals surface area contributed by atoms with Crippen molar-refractivity contribution in [3.05, 3.63) is 55.6 Å². The molecule has 0 N–H and O–H groups in total. The summed E-state index contributed by atoms with van der Waals surface area (Å²) in [5.41, 5.74) is 0.290. The Balaban J connectivity index is 1.78. The average molecular weight is 497 g/mol. The van der Waals surface area contributed by atoms with E-state index in [0.29, 0.717) is 58.2 Å². The molecule has 0 aliphatic rings. The molecular weight excluding hydrogens is 481 g/mol. The highest BCUT2D eigenvalue weighted by Crippen LogP contribution is 2.37. The summed E-state index contributed by atoms with van der Waals surface area (Å²) in [6.07, 6.45) is 4.28. The Bertz CT molecular complexity index is 888. The quantitative estimate of drug-likeness (QED) is 0.337. The number of rotatable bonds is 10. The van der Waals surface area contributed by atoms with Crippen LogP contribution < -0.4 is 14.2 Å². The van der Waals surface area contributed by atoms with E-state index in [0.717, 1.165) is 0 Å². The van der Waals surface area contributed by atoms with E-state index in [9.17, 15) is 0 Å². The number of pyridine rings is 1. The largest absolute Gasteiger partial charge is 0.490 e. The fraction of sp³-hybridized carbons (Fsp3) is 0.263. The molecule has 154 valence electrons. The van der Waals surface area contributed by atoms with Crippen molar-refractivity contribution in [1.29, 1.82) is 5.26 Å². The number of benzene rings is 1. The Morgan fingerprint density at radius 1 is 1.00 bits per heavy atom. The number of hydrogen-bond donors (Lipinski definition) is 0. The van der Waals surface area contributed by atoms with E-state index in [-0.39, 0.29) is 17.0 Å². The minimum absolute atomic E-state index is 0.113. The zero-order valence-corrected chi connectivity index (χ0v) is 18.7. The molecule has 0 saturated carbocycles. The molecule has 0 saturated heterocycles. The van der Waals surface area contributed by atoms with E-state index in [2.05, 4.69) is 4.98 Å². The third kappa shape index (κ3) is 8.00. The molecule has 2 aromatic rings. The first-order valence-electron chi connectivity index (χ1n) is 8.35. The van der Waals surface area contributed by atoms with Gasteiger partial charge in [-0.2, -0.15) is 5.26 Å². The molecular formula is C19H15Cl5N2O3. The summed E-state index contributed by atoms with van der Waals surface area (Å²) in [7, 11) is 0. The molecule has 1 aromatic heterocycles. The number of unbranched alkanes of at least 4 members (excludes halogenated alkanes) is 1. The zero-order valence-electron chi connectivity index (χ0n) is 14.9. The van der Waals surface area contributed by atoms with Crippen molar-refractivity contribution in [2.45, 2.75) is 12.8 Å². The van der Waals surface area contributed by atoms with Gasteiger partial charge in [0.15, 0.2) is 5.75 Å². The van der Waals surface area contributed by atoms with Gasteiger partial charge in [0, 0.05) is 18.3 Å². The van der Waals surface area contributed by atoms with Crippen LogP contribution in [0.4, 0.5) is 0 Å². The second-order valence-electron chi connectivity index (χ2n) is 5.54. The minimum Gasteiger partial charge on any atom is -0.490 e. The summed E-state index contributed by atoms with van der Waals surface area (Å²) in [6.45, 7) is 0.940. The van der Waals surface area contributed by atoms with Gasteiger partial charge in [-0.15, -0.1) is 0 Å². The monoisotopic (exact) mass is 494 g/mol. The summed E-state index contributed by atoms with van der Waals surface area (Å²) in [5, 5.41) is 10.1. The van der Waals surface area contributed by atoms with Crippen molar-refractivity contribution < 1.29 is 14.2 Å². The van der Waals surface area contributed by atoms with Crippen molar-refractivity contribution in [2.24, 2.45) is 0 Å². The molecule has 0 aliphatic heterocycles. The van der Waals surface area contributed by atoms with Crippen molar-refractivity contribution in [3.8, 4) is 23.4 Å². The van der Waals surface area contributed by atoms with Crippen LogP contribution in [-0.2, 0) is 0 Å². The van der Waals surface area contributed by atoms with Gasteiger partial charge >= 0.3 is 0 Å². The Hall–Kier alpha value is -1.55. The predicted octanol–water partition coefficient (Wildman–Crippen LogP) is 6.85. The van der Waals surface area contributed by atoms with E-state index >= 15 is 0 Å². The third-order valence-corrected chi connectivity index (χ3v) is 4.50. The maximum atomic E-state index is 9.06. The van der Waals surface area contributed by atoms with Crippen LogP contribution in [0.25, 0.3) is 0 Å². The van der Waals surface area contributed by atoms with E-state index in [1.165, 1.54) is 18.3 Å². The summed E-state index contributed by atoms with van der Waals surface area (Å²) in [4.78, 5) is 4.00. The number of ether oxygens (including phenoxy) is 3. The lowest BCUT2D eigenvalue weighted by Gasteiger charge is -2.12. The Morgan fingerprint density at radius 3 is 2.28 bits per heavy atom. The maximum Gasteiger partial charge on any atom is 0.231 e. The summed E-state index contributed by atoms with van der Waals surface area (Å²) in [6, 6.07) is 6.69. The molecule has 0 bridgehead atoms. The fourth-order valence-corrected chi connectivity index (χ4v) is 2.99. The summed E-state index contributed by atoms with van der Waals surface area (Å²) < 4.78 is 16.7. The molecule has 1 aromatic carbocycles. The Kier molecular flexibility index (Phi) is 9.99. The standard InChI is InChI=1S/C19H15Cl5N2O3/c20-13-7-12(10-25)19(26-11-13)29-5-2-1-4-28-18-15(21)8-14(9-16(18)22)27-6-3-17(23)24/h3,7-9,11H,1-2,4-6H2. The normalized spacial score (nSPS) is 10.2. The van der Waals surface area contributed by atoms with E-state index in [4.69, 9.17) is 77.5 Å². The average Bonchev–Trinajstić information content (AvgIpc) is 2.66. The van der Waals surface area contributed by atoms with Gasteiger partial charge in [0.05, 0.1) is 28.3 Å². The first-order valence-corrected chi connectivity index (χ1v) is 10.2. The lowest BCUT2D eigenvalue weighted by molar-refractivity contribution is 0.260. The molecule has 0 fully saturated rings. The molecule has 0 atom stereocenters. The van der Waals surface area contributed by atoms with Crippen LogP contribution in [-0.4, -0.2) is 24.8 Å². The van der Waals surface area contributed by atoms with Gasteiger partial charge in [0.2, 0.25) is 5.88 Å². The molecule has 0 spiro atoms. The lowest BCUT2D eigenvalue weighted by atomic mass is 10.3. The highest BCUT2D eigenvalue weighted by atomic mass is 35.5. The van der Waals surface area contributed by atoms with Crippen molar-refractivity contribution in [1.82, 2.24) is 4.98 Å². The minimum atomic E-state index is 0.113. The van der Waals surface area contributed by atoms with Crippen LogP contribution >= 0.6 is 58.0 Å². The highest BCUT2D eigenvalue weighted by molar-refractivity contribution is 6.55. The van der Waals surface area contributed by atoms with Gasteiger partial charge in [-0.25, -0.2) is 4.98 Å². The van der Waals surface area contributed by atoms with Crippen molar-refractivity contribution >= 4 is 58.0 Å². The van der Waals surface area contributed by atoms with Gasteiger partial charge in [0.25, 0.3) is 0 Å². The molecule has 0 radical (unpaired) electrons. The SMILES string of the molecule is N#Cc1cc(Cl)cnc1OCCCCOc1c(Cl)cc(OCC=C(Cl)Cl)cc1Cl. The molecule has 0 amide bonds. The zero-order chi connectivity index (χ0) is 21.2. The molecule has 1 heterocycles. The number of hydrogen-bond acceptors (Lipinski definition) is 5. The second-order valence-corrected chi connectivity index (χ2v) is 7.80. The Morgan fingerprint density at radius 2 is 1.66 bits per heavy atom. The van der Waals surface area contributed by atoms with Crippen LogP contribution in [0.1, 0.15) is 18.4 Å². The van der Waals surface area contributed by atoms with Gasteiger partial charge in [-0.1, -0.05) is 58.0 Å². The van der Waals surface area contributed by atoms with Gasteiger partial charge in [-0.3, -0.25) is 0 Å². The van der Waals surface area contributed by atoms with Crippen molar-refractivity contribution in [3.63, 3.8) is 0 Å². The summed E-state index contributed by atoms with van der Waals surface area (Å²) >= 11 is 29.3. The fourth-order valence-electron chi connectivity index (χ4n) is 2.13. The molecule has 0 aliphatic carbocycles. The molecule has 2 rings (SSSR count). The first-order chi connectivity index (χ1) is 13.9. The number of aromatic nitrogens is 1. The second kappa shape index (κ2) is 12.2. The van der Waals surface area contributed by atoms with E-state index in [1.54, 1.807) is 12.1 Å². The maximum absolute atomic E-state index is 9.06. The van der Waals surface area contributed by atoms with Gasteiger partial charge in [0.1, 0.15) is 28.5 Å². The van der Waals surface area contributed by atoms with E-state index < -0.39 is 0 Å². The number of halogens is 5. The smallest absolute Gasteiger partial charge is 0.231 e. The molecule has 10 heteroatoms. The molecule has 29 heavy (non-hydrogen) atoms.